The fraction of sp³-hybridized carbons (Fsp3) is 0.667. The zero-order valence-electron chi connectivity index (χ0n) is 12.9. The lowest BCUT2D eigenvalue weighted by atomic mass is 10.1. The molecule has 1 fully saturated rings. The summed E-state index contributed by atoms with van der Waals surface area (Å²) < 4.78 is 5.53. The molecule has 0 radical (unpaired) electrons. The Labute approximate surface area is 120 Å². The highest BCUT2D eigenvalue weighted by molar-refractivity contribution is 5.78. The molecule has 0 aliphatic carbocycles. The Morgan fingerprint density at radius 1 is 1.35 bits per heavy atom. The second-order valence-corrected chi connectivity index (χ2v) is 5.66. The van der Waals surface area contributed by atoms with Crippen LogP contribution in [0.1, 0.15) is 30.0 Å². The van der Waals surface area contributed by atoms with Gasteiger partial charge in [0.15, 0.2) is 0 Å². The topological polar surface area (TPSA) is 48.7 Å². The van der Waals surface area contributed by atoms with Crippen molar-refractivity contribution in [1.29, 1.82) is 0 Å². The lowest BCUT2D eigenvalue weighted by Gasteiger charge is -2.32. The average Bonchev–Trinajstić information content (AvgIpc) is 2.75. The van der Waals surface area contributed by atoms with Gasteiger partial charge < -0.3 is 19.5 Å². The van der Waals surface area contributed by atoms with Gasteiger partial charge in [-0.2, -0.15) is 0 Å². The molecule has 0 bridgehead atoms. The van der Waals surface area contributed by atoms with Crippen molar-refractivity contribution in [3.05, 3.63) is 23.2 Å². The van der Waals surface area contributed by atoms with Gasteiger partial charge in [-0.05, 0) is 33.9 Å². The summed E-state index contributed by atoms with van der Waals surface area (Å²) in [6, 6.07) is 2.16. The van der Waals surface area contributed by atoms with Gasteiger partial charge in [0.1, 0.15) is 11.5 Å². The van der Waals surface area contributed by atoms with Crippen LogP contribution in [0.25, 0.3) is 0 Å². The molecule has 0 spiro atoms. The summed E-state index contributed by atoms with van der Waals surface area (Å²) in [6.45, 7) is 9.93. The normalized spacial score (nSPS) is 18.3. The quantitative estimate of drug-likeness (QED) is 0.903. The van der Waals surface area contributed by atoms with E-state index in [0.717, 1.165) is 43.3 Å². The number of nitrogens with one attached hydrogen (secondary N) is 1. The number of carbonyl (C=O) groups is 1. The molecule has 1 amide bonds. The van der Waals surface area contributed by atoms with Crippen molar-refractivity contribution in [2.75, 3.05) is 39.8 Å². The molecule has 1 saturated heterocycles. The second-order valence-electron chi connectivity index (χ2n) is 5.66. The van der Waals surface area contributed by atoms with E-state index in [1.54, 1.807) is 0 Å². The largest absolute Gasteiger partial charge is 0.466 e. The maximum absolute atomic E-state index is 12.2. The van der Waals surface area contributed by atoms with E-state index in [-0.39, 0.29) is 11.9 Å². The number of piperazine rings is 1. The smallest absolute Gasteiger partial charge is 0.236 e. The van der Waals surface area contributed by atoms with Crippen LogP contribution in [0.15, 0.2) is 10.5 Å². The van der Waals surface area contributed by atoms with E-state index in [9.17, 15) is 4.79 Å². The van der Waals surface area contributed by atoms with Gasteiger partial charge in [-0.1, -0.05) is 0 Å². The van der Waals surface area contributed by atoms with Gasteiger partial charge in [-0.15, -0.1) is 0 Å². The van der Waals surface area contributed by atoms with Crippen LogP contribution in [-0.4, -0.2) is 55.5 Å². The third kappa shape index (κ3) is 3.61. The molecule has 112 valence electrons. The summed E-state index contributed by atoms with van der Waals surface area (Å²) in [6.07, 6.45) is 0. The van der Waals surface area contributed by atoms with Crippen LogP contribution >= 0.6 is 0 Å². The Hall–Kier alpha value is -1.33. The van der Waals surface area contributed by atoms with Crippen molar-refractivity contribution in [1.82, 2.24) is 15.1 Å². The Morgan fingerprint density at radius 2 is 2.00 bits per heavy atom. The maximum Gasteiger partial charge on any atom is 0.236 e. The first-order chi connectivity index (χ1) is 9.47. The zero-order chi connectivity index (χ0) is 14.7. The molecule has 1 aliphatic heterocycles. The minimum absolute atomic E-state index is 0.129. The van der Waals surface area contributed by atoms with E-state index in [2.05, 4.69) is 24.2 Å². The number of hydrogen-bond donors (Lipinski definition) is 1. The lowest BCUT2D eigenvalue weighted by Crippen LogP contribution is -2.49. The first kappa shape index (κ1) is 15.1. The Morgan fingerprint density at radius 3 is 2.55 bits per heavy atom. The molecule has 20 heavy (non-hydrogen) atoms. The lowest BCUT2D eigenvalue weighted by molar-refractivity contribution is -0.131. The summed E-state index contributed by atoms with van der Waals surface area (Å²) >= 11 is 0. The van der Waals surface area contributed by atoms with Crippen molar-refractivity contribution in [2.24, 2.45) is 0 Å². The molecule has 1 aromatic rings. The van der Waals surface area contributed by atoms with E-state index in [1.165, 1.54) is 0 Å². The highest BCUT2D eigenvalue weighted by atomic mass is 16.3. The SMILES string of the molecule is Cc1cc(C(C)NCC(=O)N2CCN(C)CC2)c(C)o1. The summed E-state index contributed by atoms with van der Waals surface area (Å²) in [5, 5.41) is 3.30. The van der Waals surface area contributed by atoms with E-state index < -0.39 is 0 Å². The van der Waals surface area contributed by atoms with Crippen LogP contribution in [0.2, 0.25) is 0 Å². The van der Waals surface area contributed by atoms with Crippen molar-refractivity contribution in [3.63, 3.8) is 0 Å². The molecule has 1 atom stereocenters. The van der Waals surface area contributed by atoms with Crippen LogP contribution in [-0.2, 0) is 4.79 Å². The predicted molar refractivity (Wildman–Crippen MR) is 78.7 cm³/mol. The minimum atomic E-state index is 0.129. The fourth-order valence-electron chi connectivity index (χ4n) is 2.60. The van der Waals surface area contributed by atoms with Crippen LogP contribution in [0.3, 0.4) is 0 Å². The molecule has 1 unspecified atom stereocenters. The molecule has 1 N–H and O–H groups in total. The number of carbonyl (C=O) groups excluding carboxylic acids is 1. The van der Waals surface area contributed by atoms with Crippen LogP contribution < -0.4 is 5.32 Å². The second kappa shape index (κ2) is 6.41. The van der Waals surface area contributed by atoms with Crippen molar-refractivity contribution < 1.29 is 9.21 Å². The highest BCUT2D eigenvalue weighted by Gasteiger charge is 2.20. The Bertz CT molecular complexity index is 462. The van der Waals surface area contributed by atoms with Crippen LogP contribution in [0.5, 0.6) is 0 Å². The van der Waals surface area contributed by atoms with Crippen LogP contribution in [0, 0.1) is 13.8 Å². The molecule has 1 aliphatic rings. The number of rotatable bonds is 4. The molecule has 2 heterocycles. The van der Waals surface area contributed by atoms with E-state index in [4.69, 9.17) is 4.42 Å². The molecular weight excluding hydrogens is 254 g/mol. The summed E-state index contributed by atoms with van der Waals surface area (Å²) in [7, 11) is 2.09. The Kier molecular flexibility index (Phi) is 4.83. The number of amides is 1. The first-order valence-corrected chi connectivity index (χ1v) is 7.24. The Balaban J connectivity index is 1.82. The minimum Gasteiger partial charge on any atom is -0.466 e. The van der Waals surface area contributed by atoms with Gasteiger partial charge in [-0.25, -0.2) is 0 Å². The zero-order valence-corrected chi connectivity index (χ0v) is 12.9. The van der Waals surface area contributed by atoms with Gasteiger partial charge in [0.25, 0.3) is 0 Å². The van der Waals surface area contributed by atoms with Crippen molar-refractivity contribution in [3.8, 4) is 0 Å². The molecular formula is C15H25N3O2. The number of nitrogens with zero attached hydrogens (tertiary/aromatic N) is 2. The third-order valence-electron chi connectivity index (χ3n) is 3.96. The van der Waals surface area contributed by atoms with Gasteiger partial charge in [-0.3, -0.25) is 4.79 Å². The molecule has 0 saturated carbocycles. The standard InChI is InChI=1S/C15H25N3O2/c1-11-9-14(13(3)20-11)12(2)16-10-15(19)18-7-5-17(4)6-8-18/h9,12,16H,5-8,10H2,1-4H3. The van der Waals surface area contributed by atoms with Gasteiger partial charge in [0.05, 0.1) is 6.54 Å². The molecule has 2 rings (SSSR count). The van der Waals surface area contributed by atoms with E-state index in [1.807, 2.05) is 24.8 Å². The average molecular weight is 279 g/mol. The summed E-state index contributed by atoms with van der Waals surface area (Å²) in [5.41, 5.74) is 1.13. The highest BCUT2D eigenvalue weighted by Crippen LogP contribution is 2.20. The first-order valence-electron chi connectivity index (χ1n) is 7.24. The van der Waals surface area contributed by atoms with Crippen molar-refractivity contribution >= 4 is 5.91 Å². The summed E-state index contributed by atoms with van der Waals surface area (Å²) in [4.78, 5) is 16.3. The monoisotopic (exact) mass is 279 g/mol. The number of furan rings is 1. The third-order valence-corrected chi connectivity index (χ3v) is 3.96. The molecule has 0 aromatic carbocycles. The summed E-state index contributed by atoms with van der Waals surface area (Å²) in [5.74, 6) is 2.02. The fourth-order valence-corrected chi connectivity index (χ4v) is 2.60. The van der Waals surface area contributed by atoms with E-state index in [0.29, 0.717) is 6.54 Å². The van der Waals surface area contributed by atoms with Gasteiger partial charge in [0.2, 0.25) is 5.91 Å². The predicted octanol–water partition coefficient (Wildman–Crippen LogP) is 1.32. The van der Waals surface area contributed by atoms with Crippen molar-refractivity contribution in [2.45, 2.75) is 26.8 Å². The molecule has 5 nitrogen and oxygen atoms in total. The number of aryl methyl sites for hydroxylation is 2. The number of hydrogen-bond acceptors (Lipinski definition) is 4. The molecule has 1 aromatic heterocycles. The van der Waals surface area contributed by atoms with E-state index >= 15 is 0 Å². The molecule has 5 heteroatoms. The number of likely N-dealkylation sites (N-methyl/N-ethyl adjacent to an activating group) is 1. The van der Waals surface area contributed by atoms with Gasteiger partial charge in [0, 0.05) is 37.8 Å². The van der Waals surface area contributed by atoms with Gasteiger partial charge >= 0.3 is 0 Å². The maximum atomic E-state index is 12.2. The van der Waals surface area contributed by atoms with Crippen LogP contribution in [0.4, 0.5) is 0 Å².